The van der Waals surface area contributed by atoms with Gasteiger partial charge < -0.3 is 15.6 Å². The molecule has 1 unspecified atom stereocenters. The number of nitrogens with two attached hydrogens (primary N) is 1. The Morgan fingerprint density at radius 2 is 2.40 bits per heavy atom. The van der Waals surface area contributed by atoms with E-state index < -0.39 is 0 Å². The number of aromatic nitrogens is 1. The zero-order valence-electron chi connectivity index (χ0n) is 9.06. The maximum atomic E-state index is 11.7. The highest BCUT2D eigenvalue weighted by Crippen LogP contribution is 2.09. The van der Waals surface area contributed by atoms with Crippen molar-refractivity contribution in [3.05, 3.63) is 18.0 Å². The molecule has 0 saturated heterocycles. The minimum Gasteiger partial charge on any atom is -0.364 e. The number of carbonyl (C=O) groups is 1. The molecule has 0 aliphatic rings. The fourth-order valence-corrected chi connectivity index (χ4v) is 1.32. The number of rotatable bonds is 5. The van der Waals surface area contributed by atoms with Gasteiger partial charge in [-0.1, -0.05) is 19.0 Å². The Bertz CT molecular complexity index is 296. The van der Waals surface area contributed by atoms with E-state index in [0.717, 1.165) is 0 Å². The molecule has 5 heteroatoms. The number of carbonyl (C=O) groups excluding carboxylic acids is 1. The first kappa shape index (κ1) is 11.7. The van der Waals surface area contributed by atoms with Crippen LogP contribution in [0, 0.1) is 11.8 Å². The quantitative estimate of drug-likeness (QED) is 0.744. The van der Waals surface area contributed by atoms with Crippen molar-refractivity contribution in [1.82, 2.24) is 10.5 Å². The molecule has 0 aromatic carbocycles. The van der Waals surface area contributed by atoms with Crippen LogP contribution in [-0.4, -0.2) is 17.6 Å². The Labute approximate surface area is 89.0 Å². The van der Waals surface area contributed by atoms with Gasteiger partial charge in [0.05, 0.1) is 12.5 Å². The molecule has 1 rings (SSSR count). The highest BCUT2D eigenvalue weighted by atomic mass is 16.5. The molecule has 84 valence electrons. The van der Waals surface area contributed by atoms with E-state index in [1.807, 2.05) is 13.8 Å². The maximum Gasteiger partial charge on any atom is 0.224 e. The fourth-order valence-electron chi connectivity index (χ4n) is 1.32. The molecule has 0 spiro atoms. The van der Waals surface area contributed by atoms with E-state index in [9.17, 15) is 4.79 Å². The number of amides is 1. The number of hydrogen-bond acceptors (Lipinski definition) is 4. The summed E-state index contributed by atoms with van der Waals surface area (Å²) in [6, 6.07) is 1.72. The van der Waals surface area contributed by atoms with Gasteiger partial charge in [-0.3, -0.25) is 4.79 Å². The molecule has 0 aliphatic heterocycles. The average Bonchev–Trinajstić information content (AvgIpc) is 2.67. The van der Waals surface area contributed by atoms with Crippen molar-refractivity contribution in [2.45, 2.75) is 20.4 Å². The highest BCUT2D eigenvalue weighted by molar-refractivity contribution is 5.79. The van der Waals surface area contributed by atoms with Gasteiger partial charge in [-0.05, 0) is 5.92 Å². The highest BCUT2D eigenvalue weighted by Gasteiger charge is 2.20. The van der Waals surface area contributed by atoms with Crippen LogP contribution in [0.4, 0.5) is 0 Å². The Kier molecular flexibility index (Phi) is 4.30. The van der Waals surface area contributed by atoms with Crippen molar-refractivity contribution in [2.75, 3.05) is 6.54 Å². The molecule has 5 nitrogen and oxygen atoms in total. The van der Waals surface area contributed by atoms with E-state index >= 15 is 0 Å². The van der Waals surface area contributed by atoms with Crippen molar-refractivity contribution in [3.8, 4) is 0 Å². The normalized spacial score (nSPS) is 12.8. The smallest absolute Gasteiger partial charge is 0.224 e. The molecule has 0 fully saturated rings. The standard InChI is InChI=1S/C10H17N3O2/c1-7(2)9(5-11)10(14)12-6-8-3-4-15-13-8/h3-4,7,9H,5-6,11H2,1-2H3,(H,12,14). The van der Waals surface area contributed by atoms with Crippen molar-refractivity contribution in [3.63, 3.8) is 0 Å². The largest absolute Gasteiger partial charge is 0.364 e. The zero-order chi connectivity index (χ0) is 11.3. The zero-order valence-corrected chi connectivity index (χ0v) is 9.06. The Balaban J connectivity index is 2.41. The molecule has 15 heavy (non-hydrogen) atoms. The second-order valence-electron chi connectivity index (χ2n) is 3.79. The summed E-state index contributed by atoms with van der Waals surface area (Å²) in [5.74, 6) is 0.0692. The lowest BCUT2D eigenvalue weighted by atomic mass is 9.95. The minimum atomic E-state index is -0.142. The average molecular weight is 211 g/mol. The lowest BCUT2D eigenvalue weighted by Crippen LogP contribution is -2.37. The SMILES string of the molecule is CC(C)C(CN)C(=O)NCc1ccon1. The first-order chi connectivity index (χ1) is 7.15. The van der Waals surface area contributed by atoms with Crippen LogP contribution in [0.25, 0.3) is 0 Å². The number of nitrogens with one attached hydrogen (secondary N) is 1. The van der Waals surface area contributed by atoms with Crippen LogP contribution >= 0.6 is 0 Å². The Morgan fingerprint density at radius 3 is 2.87 bits per heavy atom. The van der Waals surface area contributed by atoms with Gasteiger partial charge in [0.25, 0.3) is 0 Å². The molecule has 3 N–H and O–H groups in total. The third-order valence-electron chi connectivity index (χ3n) is 2.33. The monoisotopic (exact) mass is 211 g/mol. The molecular weight excluding hydrogens is 194 g/mol. The summed E-state index contributed by atoms with van der Waals surface area (Å²) in [5.41, 5.74) is 6.24. The van der Waals surface area contributed by atoms with Crippen LogP contribution in [0.15, 0.2) is 16.9 Å². The van der Waals surface area contributed by atoms with Crippen molar-refractivity contribution < 1.29 is 9.32 Å². The van der Waals surface area contributed by atoms with E-state index in [1.54, 1.807) is 6.07 Å². The van der Waals surface area contributed by atoms with Crippen LogP contribution in [0.3, 0.4) is 0 Å². The van der Waals surface area contributed by atoms with Gasteiger partial charge >= 0.3 is 0 Å². The van der Waals surface area contributed by atoms with E-state index in [2.05, 4.69) is 15.0 Å². The third-order valence-corrected chi connectivity index (χ3v) is 2.33. The summed E-state index contributed by atoms with van der Waals surface area (Å²) in [4.78, 5) is 11.7. The third kappa shape index (κ3) is 3.36. The molecule has 1 atom stereocenters. The van der Waals surface area contributed by atoms with Crippen molar-refractivity contribution in [1.29, 1.82) is 0 Å². The topological polar surface area (TPSA) is 81.2 Å². The minimum absolute atomic E-state index is 0.0319. The summed E-state index contributed by atoms with van der Waals surface area (Å²) in [7, 11) is 0. The lowest BCUT2D eigenvalue weighted by molar-refractivity contribution is -0.126. The first-order valence-corrected chi connectivity index (χ1v) is 5.02. The van der Waals surface area contributed by atoms with E-state index in [-0.39, 0.29) is 17.7 Å². The van der Waals surface area contributed by atoms with Crippen LogP contribution in [0.1, 0.15) is 19.5 Å². The molecular formula is C10H17N3O2. The Hall–Kier alpha value is -1.36. The molecule has 0 bridgehead atoms. The molecule has 0 radical (unpaired) electrons. The van der Waals surface area contributed by atoms with Gasteiger partial charge in [-0.25, -0.2) is 0 Å². The van der Waals surface area contributed by atoms with E-state index in [0.29, 0.717) is 18.8 Å². The molecule has 0 aliphatic carbocycles. The molecule has 1 aromatic heterocycles. The molecule has 1 aromatic rings. The summed E-state index contributed by atoms with van der Waals surface area (Å²) < 4.78 is 4.66. The molecule has 1 amide bonds. The van der Waals surface area contributed by atoms with Gasteiger partial charge in [0.2, 0.25) is 5.91 Å². The second-order valence-corrected chi connectivity index (χ2v) is 3.79. The molecule has 1 heterocycles. The van der Waals surface area contributed by atoms with Gasteiger partial charge in [0.15, 0.2) is 0 Å². The summed E-state index contributed by atoms with van der Waals surface area (Å²) in [5, 5.41) is 6.47. The van der Waals surface area contributed by atoms with Gasteiger partial charge in [-0.2, -0.15) is 0 Å². The fraction of sp³-hybridized carbons (Fsp3) is 0.600. The predicted molar refractivity (Wildman–Crippen MR) is 55.7 cm³/mol. The summed E-state index contributed by atoms with van der Waals surface area (Å²) in [6.07, 6.45) is 1.48. The Morgan fingerprint density at radius 1 is 1.67 bits per heavy atom. The summed E-state index contributed by atoms with van der Waals surface area (Å²) >= 11 is 0. The van der Waals surface area contributed by atoms with Gasteiger partial charge in [0, 0.05) is 12.6 Å². The van der Waals surface area contributed by atoms with Gasteiger partial charge in [-0.15, -0.1) is 0 Å². The second kappa shape index (κ2) is 5.50. The van der Waals surface area contributed by atoms with Crippen LogP contribution in [0.2, 0.25) is 0 Å². The van der Waals surface area contributed by atoms with Gasteiger partial charge in [0.1, 0.15) is 12.0 Å². The predicted octanol–water partition coefficient (Wildman–Crippen LogP) is 0.522. The van der Waals surface area contributed by atoms with E-state index in [1.165, 1.54) is 6.26 Å². The van der Waals surface area contributed by atoms with Crippen LogP contribution < -0.4 is 11.1 Å². The molecule has 0 saturated carbocycles. The van der Waals surface area contributed by atoms with Crippen LogP contribution in [-0.2, 0) is 11.3 Å². The maximum absolute atomic E-state index is 11.7. The number of hydrogen-bond donors (Lipinski definition) is 2. The van der Waals surface area contributed by atoms with E-state index in [4.69, 9.17) is 5.73 Å². The van der Waals surface area contributed by atoms with Crippen LogP contribution in [0.5, 0.6) is 0 Å². The van der Waals surface area contributed by atoms with Crippen molar-refractivity contribution >= 4 is 5.91 Å². The summed E-state index contributed by atoms with van der Waals surface area (Å²) in [6.45, 7) is 4.71. The first-order valence-electron chi connectivity index (χ1n) is 5.02. The lowest BCUT2D eigenvalue weighted by Gasteiger charge is -2.17. The number of nitrogens with zero attached hydrogens (tertiary/aromatic N) is 1. The van der Waals surface area contributed by atoms with Crippen molar-refractivity contribution in [2.24, 2.45) is 17.6 Å².